The summed E-state index contributed by atoms with van der Waals surface area (Å²) in [5.74, 6) is 0.0786. The Morgan fingerprint density at radius 1 is 0.800 bits per heavy atom. The van der Waals surface area contributed by atoms with Crippen molar-refractivity contribution in [2.45, 2.75) is 117 Å². The SMILES string of the molecule is CCCCCCCCCc1c(I)cc(OC(=O)O)c(O)c1CCCCCCCCC. The molecule has 0 unspecified atom stereocenters. The summed E-state index contributed by atoms with van der Waals surface area (Å²) in [7, 11) is 0. The zero-order valence-corrected chi connectivity index (χ0v) is 21.1. The van der Waals surface area contributed by atoms with Gasteiger partial charge in [0.15, 0.2) is 11.5 Å². The third-order valence-electron chi connectivity index (χ3n) is 5.69. The summed E-state index contributed by atoms with van der Waals surface area (Å²) >= 11 is 2.25. The number of aromatic hydroxyl groups is 1. The highest BCUT2D eigenvalue weighted by molar-refractivity contribution is 14.1. The fourth-order valence-corrected chi connectivity index (χ4v) is 4.81. The molecule has 0 aliphatic carbocycles. The molecule has 1 aromatic rings. The number of rotatable bonds is 17. The number of carboxylic acid groups (broad SMARTS) is 1. The molecule has 0 fully saturated rings. The standard InChI is InChI=1S/C25H41IO4/c1-3-5-7-9-11-13-15-17-20-21(18-16-14-12-10-8-6-4-2)24(27)23(19-22(20)26)30-25(28)29/h19,27H,3-18H2,1-2H3,(H,28,29). The maximum Gasteiger partial charge on any atom is 0.511 e. The van der Waals surface area contributed by atoms with E-state index in [9.17, 15) is 9.90 Å². The Kier molecular flexibility index (Phi) is 15.0. The molecular formula is C25H41IO4. The summed E-state index contributed by atoms with van der Waals surface area (Å²) in [6.45, 7) is 4.46. The minimum absolute atomic E-state index is 0.0155. The summed E-state index contributed by atoms with van der Waals surface area (Å²) in [5, 5.41) is 19.7. The van der Waals surface area contributed by atoms with Crippen molar-refractivity contribution < 1.29 is 19.7 Å². The Hall–Kier alpha value is -0.980. The first-order chi connectivity index (χ1) is 14.5. The van der Waals surface area contributed by atoms with E-state index in [2.05, 4.69) is 36.4 Å². The van der Waals surface area contributed by atoms with Crippen LogP contribution >= 0.6 is 22.6 Å². The third kappa shape index (κ3) is 10.9. The molecule has 1 aromatic carbocycles. The minimum Gasteiger partial charge on any atom is -0.504 e. The van der Waals surface area contributed by atoms with Gasteiger partial charge in [-0.2, -0.15) is 0 Å². The number of carbonyl (C=O) groups is 1. The van der Waals surface area contributed by atoms with E-state index in [-0.39, 0.29) is 11.5 Å². The van der Waals surface area contributed by atoms with Gasteiger partial charge in [0.1, 0.15) is 0 Å². The van der Waals surface area contributed by atoms with Gasteiger partial charge in [0, 0.05) is 9.13 Å². The maximum atomic E-state index is 11.0. The molecule has 4 nitrogen and oxygen atoms in total. The first-order valence-electron chi connectivity index (χ1n) is 11.9. The fraction of sp³-hybridized carbons (Fsp3) is 0.720. The minimum atomic E-state index is -1.39. The van der Waals surface area contributed by atoms with Crippen LogP contribution in [0.2, 0.25) is 0 Å². The van der Waals surface area contributed by atoms with Crippen LogP contribution in [-0.4, -0.2) is 16.4 Å². The van der Waals surface area contributed by atoms with E-state index in [0.29, 0.717) is 0 Å². The molecule has 1 rings (SSSR count). The summed E-state index contributed by atoms with van der Waals surface area (Å²) in [6, 6.07) is 1.66. The number of phenolic OH excluding ortho intramolecular Hbond substituents is 1. The van der Waals surface area contributed by atoms with E-state index in [1.165, 1.54) is 76.2 Å². The molecule has 0 amide bonds. The van der Waals surface area contributed by atoms with E-state index < -0.39 is 6.16 Å². The van der Waals surface area contributed by atoms with Gasteiger partial charge in [-0.3, -0.25) is 0 Å². The monoisotopic (exact) mass is 532 g/mol. The van der Waals surface area contributed by atoms with Crippen molar-refractivity contribution in [3.05, 3.63) is 20.8 Å². The molecule has 0 radical (unpaired) electrons. The first-order valence-corrected chi connectivity index (χ1v) is 13.0. The van der Waals surface area contributed by atoms with Gasteiger partial charge in [0.2, 0.25) is 0 Å². The highest BCUT2D eigenvalue weighted by Gasteiger charge is 2.19. The predicted octanol–water partition coefficient (Wildman–Crippen LogP) is 8.64. The average molecular weight is 533 g/mol. The Morgan fingerprint density at radius 3 is 1.70 bits per heavy atom. The smallest absolute Gasteiger partial charge is 0.504 e. The van der Waals surface area contributed by atoms with Crippen molar-refractivity contribution in [1.29, 1.82) is 0 Å². The largest absolute Gasteiger partial charge is 0.511 e. The molecule has 0 spiro atoms. The van der Waals surface area contributed by atoms with Gasteiger partial charge >= 0.3 is 6.16 Å². The molecule has 0 aromatic heterocycles. The quantitative estimate of drug-likeness (QED) is 0.0912. The van der Waals surface area contributed by atoms with Crippen LogP contribution in [0.1, 0.15) is 115 Å². The first kappa shape index (κ1) is 27.1. The van der Waals surface area contributed by atoms with Crippen molar-refractivity contribution in [3.8, 4) is 11.5 Å². The molecule has 0 saturated heterocycles. The zero-order chi connectivity index (χ0) is 22.2. The van der Waals surface area contributed by atoms with Crippen LogP contribution in [0, 0.1) is 3.57 Å². The van der Waals surface area contributed by atoms with Crippen LogP contribution in [0.3, 0.4) is 0 Å². The number of ether oxygens (including phenoxy) is 1. The van der Waals surface area contributed by atoms with Gasteiger partial charge in [-0.25, -0.2) is 4.79 Å². The van der Waals surface area contributed by atoms with Crippen LogP contribution in [0.4, 0.5) is 4.79 Å². The van der Waals surface area contributed by atoms with Crippen LogP contribution in [-0.2, 0) is 12.8 Å². The normalized spacial score (nSPS) is 11.0. The Labute approximate surface area is 196 Å². The molecule has 5 heteroatoms. The van der Waals surface area contributed by atoms with Gasteiger partial charge < -0.3 is 14.9 Å². The van der Waals surface area contributed by atoms with E-state index in [4.69, 9.17) is 9.84 Å². The topological polar surface area (TPSA) is 66.8 Å². The van der Waals surface area contributed by atoms with Crippen molar-refractivity contribution in [2.75, 3.05) is 0 Å². The lowest BCUT2D eigenvalue weighted by Gasteiger charge is -2.16. The zero-order valence-electron chi connectivity index (χ0n) is 19.0. The van der Waals surface area contributed by atoms with Gasteiger partial charge in [0.25, 0.3) is 0 Å². The van der Waals surface area contributed by atoms with E-state index in [1.807, 2.05) is 0 Å². The Balaban J connectivity index is 2.71. The third-order valence-corrected chi connectivity index (χ3v) is 6.65. The second-order valence-electron chi connectivity index (χ2n) is 8.27. The number of hydrogen-bond acceptors (Lipinski definition) is 3. The number of benzene rings is 1. The number of unbranched alkanes of at least 4 members (excludes halogenated alkanes) is 12. The van der Waals surface area contributed by atoms with E-state index in [1.54, 1.807) is 6.07 Å². The van der Waals surface area contributed by atoms with Crippen LogP contribution in [0.25, 0.3) is 0 Å². The molecule has 172 valence electrons. The van der Waals surface area contributed by atoms with Gasteiger partial charge in [0.05, 0.1) is 0 Å². The maximum absolute atomic E-state index is 11.0. The van der Waals surface area contributed by atoms with Crippen molar-refractivity contribution in [1.82, 2.24) is 0 Å². The molecule has 0 bridgehead atoms. The van der Waals surface area contributed by atoms with Gasteiger partial charge in [-0.15, -0.1) is 0 Å². The molecule has 0 atom stereocenters. The van der Waals surface area contributed by atoms with Crippen LogP contribution in [0.5, 0.6) is 11.5 Å². The molecule has 0 heterocycles. The summed E-state index contributed by atoms with van der Waals surface area (Å²) < 4.78 is 5.83. The lowest BCUT2D eigenvalue weighted by Crippen LogP contribution is -2.07. The lowest BCUT2D eigenvalue weighted by atomic mass is 9.95. The Bertz CT molecular complexity index is 616. The van der Waals surface area contributed by atoms with Gasteiger partial charge in [-0.05, 0) is 59.9 Å². The number of halogens is 1. The lowest BCUT2D eigenvalue weighted by molar-refractivity contribution is 0.142. The second-order valence-corrected chi connectivity index (χ2v) is 9.44. The molecular weight excluding hydrogens is 491 g/mol. The van der Waals surface area contributed by atoms with Gasteiger partial charge in [-0.1, -0.05) is 90.9 Å². The number of phenols is 1. The molecule has 30 heavy (non-hydrogen) atoms. The van der Waals surface area contributed by atoms with Crippen LogP contribution < -0.4 is 4.74 Å². The summed E-state index contributed by atoms with van der Waals surface area (Å²) in [4.78, 5) is 11.0. The van der Waals surface area contributed by atoms with Crippen molar-refractivity contribution in [2.24, 2.45) is 0 Å². The fourth-order valence-electron chi connectivity index (χ4n) is 3.94. The highest BCUT2D eigenvalue weighted by atomic mass is 127. The second kappa shape index (κ2) is 16.7. The molecule has 0 saturated carbocycles. The molecule has 0 aliphatic heterocycles. The average Bonchev–Trinajstić information content (AvgIpc) is 2.71. The Morgan fingerprint density at radius 2 is 1.23 bits per heavy atom. The summed E-state index contributed by atoms with van der Waals surface area (Å²) in [6.07, 6.45) is 17.6. The van der Waals surface area contributed by atoms with Crippen molar-refractivity contribution >= 4 is 28.7 Å². The highest BCUT2D eigenvalue weighted by Crippen LogP contribution is 2.38. The number of hydrogen-bond donors (Lipinski definition) is 2. The molecule has 2 N–H and O–H groups in total. The van der Waals surface area contributed by atoms with E-state index in [0.717, 1.165) is 41.2 Å². The molecule has 0 aliphatic rings. The van der Waals surface area contributed by atoms with E-state index >= 15 is 0 Å². The van der Waals surface area contributed by atoms with Crippen molar-refractivity contribution in [3.63, 3.8) is 0 Å². The summed E-state index contributed by atoms with van der Waals surface area (Å²) in [5.41, 5.74) is 2.06. The predicted molar refractivity (Wildman–Crippen MR) is 133 cm³/mol. The van der Waals surface area contributed by atoms with Crippen LogP contribution in [0.15, 0.2) is 6.07 Å².